The van der Waals surface area contributed by atoms with Crippen molar-refractivity contribution in [2.24, 2.45) is 5.73 Å². The van der Waals surface area contributed by atoms with Gasteiger partial charge in [0.2, 0.25) is 5.91 Å². The Labute approximate surface area is 224 Å². The second-order valence-electron chi connectivity index (χ2n) is 10.3. The molecule has 0 bridgehead atoms. The molecule has 0 saturated carbocycles. The highest BCUT2D eigenvalue weighted by Crippen LogP contribution is 2.33. The van der Waals surface area contributed by atoms with Crippen LogP contribution in [-0.4, -0.2) is 77.1 Å². The van der Waals surface area contributed by atoms with Crippen LogP contribution in [0, 0.1) is 0 Å². The van der Waals surface area contributed by atoms with Crippen molar-refractivity contribution >= 4 is 23.7 Å². The number of aliphatic hydroxyl groups is 2. The number of aryl methyl sites for hydroxylation is 1. The van der Waals surface area contributed by atoms with Gasteiger partial charge in [0.15, 0.2) is 0 Å². The lowest BCUT2D eigenvalue weighted by Gasteiger charge is -2.24. The van der Waals surface area contributed by atoms with Crippen LogP contribution in [0.2, 0.25) is 0 Å². The van der Waals surface area contributed by atoms with Gasteiger partial charge in [0.05, 0.1) is 37.4 Å². The number of hydrogen-bond donors (Lipinski definition) is 6. The molecule has 2 aliphatic heterocycles. The lowest BCUT2D eigenvalue weighted by molar-refractivity contribution is -0.121. The molecule has 3 rings (SSSR count). The molecule has 10 heteroatoms. The number of unbranched alkanes of at least 4 members (excludes halogenated alkanes) is 4. The van der Waals surface area contributed by atoms with Crippen molar-refractivity contribution in [2.75, 3.05) is 32.1 Å². The van der Waals surface area contributed by atoms with Crippen LogP contribution in [0.1, 0.15) is 63.4 Å². The summed E-state index contributed by atoms with van der Waals surface area (Å²) in [5.74, 6) is 1.93. The molecule has 7 N–H and O–H groups in total. The molecule has 37 heavy (non-hydrogen) atoms. The monoisotopic (exact) mass is 536 g/mol. The molecule has 2 heterocycles. The number of urea groups is 1. The Bertz CT molecular complexity index is 837. The summed E-state index contributed by atoms with van der Waals surface area (Å²) in [7, 11) is 0. The van der Waals surface area contributed by atoms with Gasteiger partial charge in [-0.25, -0.2) is 4.79 Å². The predicted octanol–water partition coefficient (Wildman–Crippen LogP) is 2.08. The Kier molecular flexibility index (Phi) is 12.3. The van der Waals surface area contributed by atoms with Gasteiger partial charge in [-0.1, -0.05) is 31.4 Å². The first-order valence-corrected chi connectivity index (χ1v) is 14.6. The van der Waals surface area contributed by atoms with E-state index in [4.69, 9.17) is 10.5 Å². The normalized spacial score (nSPS) is 20.8. The number of amides is 3. The molecule has 3 atom stereocenters. The van der Waals surface area contributed by atoms with Gasteiger partial charge in [0.1, 0.15) is 5.75 Å². The van der Waals surface area contributed by atoms with Crippen LogP contribution in [0.15, 0.2) is 24.3 Å². The van der Waals surface area contributed by atoms with Gasteiger partial charge < -0.3 is 36.6 Å². The number of carbonyl (C=O) groups excluding carboxylic acids is 2. The fourth-order valence-electron chi connectivity index (χ4n) is 4.71. The zero-order valence-electron chi connectivity index (χ0n) is 21.8. The van der Waals surface area contributed by atoms with E-state index in [1.807, 2.05) is 36.0 Å². The van der Waals surface area contributed by atoms with Crippen LogP contribution < -0.4 is 26.4 Å². The summed E-state index contributed by atoms with van der Waals surface area (Å²) in [6.07, 6.45) is 8.76. The fraction of sp³-hybridized carbons (Fsp3) is 0.704. The highest BCUT2D eigenvalue weighted by Gasteiger charge is 2.42. The topological polar surface area (TPSA) is 146 Å². The number of thioether (sulfide) groups is 1. The molecule has 2 aliphatic rings. The number of nitrogens with one attached hydrogen (secondary N) is 3. The van der Waals surface area contributed by atoms with Crippen LogP contribution in [-0.2, 0) is 11.2 Å². The van der Waals surface area contributed by atoms with Crippen molar-refractivity contribution in [1.29, 1.82) is 0 Å². The van der Waals surface area contributed by atoms with Crippen LogP contribution in [0.4, 0.5) is 4.79 Å². The molecule has 1 aromatic rings. The zero-order chi connectivity index (χ0) is 26.5. The van der Waals surface area contributed by atoms with E-state index in [0.29, 0.717) is 31.1 Å². The van der Waals surface area contributed by atoms with Crippen molar-refractivity contribution in [3.63, 3.8) is 0 Å². The number of nitrogens with two attached hydrogens (primary N) is 1. The minimum atomic E-state index is -0.939. The smallest absolute Gasteiger partial charge is 0.315 e. The third kappa shape index (κ3) is 10.00. The first kappa shape index (κ1) is 29.5. The molecular formula is C27H44N4O5S. The van der Waals surface area contributed by atoms with Gasteiger partial charge in [-0.15, -0.1) is 0 Å². The largest absolute Gasteiger partial charge is 0.494 e. The Hall–Kier alpha value is -2.01. The third-order valence-corrected chi connectivity index (χ3v) is 8.72. The Balaban J connectivity index is 1.13. The van der Waals surface area contributed by atoms with Crippen LogP contribution >= 0.6 is 11.8 Å². The van der Waals surface area contributed by atoms with E-state index in [0.717, 1.165) is 68.6 Å². The Morgan fingerprint density at radius 2 is 1.84 bits per heavy atom. The van der Waals surface area contributed by atoms with E-state index in [-0.39, 0.29) is 37.2 Å². The lowest BCUT2D eigenvalue weighted by atomic mass is 9.94. The second-order valence-corrected chi connectivity index (χ2v) is 11.6. The van der Waals surface area contributed by atoms with E-state index in [1.54, 1.807) is 0 Å². The van der Waals surface area contributed by atoms with Crippen LogP contribution in [0.5, 0.6) is 5.75 Å². The van der Waals surface area contributed by atoms with Gasteiger partial charge in [-0.2, -0.15) is 11.8 Å². The van der Waals surface area contributed by atoms with Crippen molar-refractivity contribution in [2.45, 2.75) is 87.1 Å². The van der Waals surface area contributed by atoms with Gasteiger partial charge in [-0.05, 0) is 56.2 Å². The summed E-state index contributed by atoms with van der Waals surface area (Å²) in [4.78, 5) is 23.5. The van der Waals surface area contributed by atoms with Crippen molar-refractivity contribution in [3.05, 3.63) is 29.8 Å². The number of fused-ring (bicyclic) bond motifs is 1. The summed E-state index contributed by atoms with van der Waals surface area (Å²) in [5, 5.41) is 28.0. The maximum Gasteiger partial charge on any atom is 0.315 e. The van der Waals surface area contributed by atoms with Crippen molar-refractivity contribution in [1.82, 2.24) is 16.0 Å². The first-order chi connectivity index (χ1) is 17.9. The van der Waals surface area contributed by atoms with E-state index in [1.165, 1.54) is 0 Å². The minimum absolute atomic E-state index is 0.0478. The third-order valence-electron chi connectivity index (χ3n) is 7.21. The number of hydrogen-bond acceptors (Lipinski definition) is 7. The van der Waals surface area contributed by atoms with Crippen molar-refractivity contribution in [3.8, 4) is 5.75 Å². The number of ether oxygens (including phenoxy) is 1. The Morgan fingerprint density at radius 3 is 2.59 bits per heavy atom. The molecule has 9 nitrogen and oxygen atoms in total. The number of rotatable bonds is 18. The molecule has 2 fully saturated rings. The zero-order valence-corrected chi connectivity index (χ0v) is 22.6. The highest BCUT2D eigenvalue weighted by molar-refractivity contribution is 8.00. The molecule has 0 spiro atoms. The highest BCUT2D eigenvalue weighted by atomic mass is 32.2. The second kappa shape index (κ2) is 15.4. The molecule has 0 radical (unpaired) electrons. The van der Waals surface area contributed by atoms with Crippen LogP contribution in [0.3, 0.4) is 0 Å². The van der Waals surface area contributed by atoms with Crippen LogP contribution in [0.25, 0.3) is 0 Å². The van der Waals surface area contributed by atoms with E-state index in [2.05, 4.69) is 16.0 Å². The number of aliphatic hydroxyl groups excluding tert-OH is 2. The number of carbonyl (C=O) groups is 2. The van der Waals surface area contributed by atoms with Gasteiger partial charge >= 0.3 is 6.03 Å². The summed E-state index contributed by atoms with van der Waals surface area (Å²) >= 11 is 1.92. The van der Waals surface area contributed by atoms with Crippen molar-refractivity contribution < 1.29 is 24.5 Å². The lowest BCUT2D eigenvalue weighted by Crippen LogP contribution is -2.47. The number of benzene rings is 1. The van der Waals surface area contributed by atoms with E-state index >= 15 is 0 Å². The molecule has 1 aromatic carbocycles. The molecule has 2 saturated heterocycles. The molecule has 208 valence electrons. The van der Waals surface area contributed by atoms with Gasteiger partial charge in [0.25, 0.3) is 0 Å². The summed E-state index contributed by atoms with van der Waals surface area (Å²) in [6, 6.07) is 8.31. The summed E-state index contributed by atoms with van der Waals surface area (Å²) in [5.41, 5.74) is 6.07. The van der Waals surface area contributed by atoms with Gasteiger partial charge in [0, 0.05) is 24.0 Å². The molecule has 0 unspecified atom stereocenters. The molecule has 3 amide bonds. The average molecular weight is 537 g/mol. The average Bonchev–Trinajstić information content (AvgIpc) is 3.46. The fourth-order valence-corrected chi connectivity index (χ4v) is 6.26. The predicted molar refractivity (Wildman–Crippen MR) is 147 cm³/mol. The van der Waals surface area contributed by atoms with Gasteiger partial charge in [-0.3, -0.25) is 4.79 Å². The quantitative estimate of drug-likeness (QED) is 0.124. The van der Waals surface area contributed by atoms with E-state index < -0.39 is 5.54 Å². The summed E-state index contributed by atoms with van der Waals surface area (Å²) < 4.78 is 5.81. The first-order valence-electron chi connectivity index (χ1n) is 13.6. The van der Waals surface area contributed by atoms with E-state index in [9.17, 15) is 19.8 Å². The standard InChI is InChI=1S/C27H44N4O5S/c28-27(18-32,19-33)14-13-20-9-11-21(12-10-20)36-16-6-2-1-5-15-29-24(34)8-4-3-7-23-25-22(17-37-23)30-26(35)31-25/h9-12,22-23,25,32-33H,1-8,13-19,28H2,(H,29,34)(H2,30,31,35)/t22-,23-,25-/m1/s1. The maximum absolute atomic E-state index is 12.1. The Morgan fingerprint density at radius 1 is 1.08 bits per heavy atom. The SMILES string of the molecule is NC(CO)(CO)CCc1ccc(OCCCCCCNC(=O)CCCC[C@H]2SC[C@H]3NC(=O)N[C@H]32)cc1. The summed E-state index contributed by atoms with van der Waals surface area (Å²) in [6.45, 7) is 0.907. The minimum Gasteiger partial charge on any atom is -0.494 e. The molecule has 0 aromatic heterocycles. The maximum atomic E-state index is 12.1. The molecular weight excluding hydrogens is 492 g/mol. The molecule has 0 aliphatic carbocycles.